The lowest BCUT2D eigenvalue weighted by Crippen LogP contribution is -2.53. The van der Waals surface area contributed by atoms with Crippen LogP contribution in [0.4, 0.5) is 4.79 Å². The Morgan fingerprint density at radius 1 is 1.31 bits per heavy atom. The average molecular weight is 226 g/mol. The van der Waals surface area contributed by atoms with Gasteiger partial charge in [0, 0.05) is 45.8 Å². The van der Waals surface area contributed by atoms with E-state index in [4.69, 9.17) is 0 Å². The number of piperazine rings is 1. The van der Waals surface area contributed by atoms with Crippen molar-refractivity contribution in [3.05, 3.63) is 0 Å². The third-order valence-corrected chi connectivity index (χ3v) is 3.60. The third-order valence-electron chi connectivity index (χ3n) is 3.60. The highest BCUT2D eigenvalue weighted by Crippen LogP contribution is 2.14. The number of urea groups is 1. The minimum atomic E-state index is 0.196. The molecule has 0 radical (unpaired) electrons. The van der Waals surface area contributed by atoms with Crippen molar-refractivity contribution in [3.63, 3.8) is 0 Å². The quantitative estimate of drug-likeness (QED) is 0.664. The van der Waals surface area contributed by atoms with E-state index >= 15 is 0 Å². The Hall–Kier alpha value is -0.810. The van der Waals surface area contributed by atoms with Gasteiger partial charge in [0.1, 0.15) is 0 Å². The van der Waals surface area contributed by atoms with Crippen molar-refractivity contribution in [2.75, 3.05) is 53.4 Å². The Balaban J connectivity index is 1.88. The lowest BCUT2D eigenvalue weighted by Gasteiger charge is -2.34. The lowest BCUT2D eigenvalue weighted by atomic mass is 10.2. The second-order valence-electron chi connectivity index (χ2n) is 4.84. The third kappa shape index (κ3) is 2.47. The fourth-order valence-electron chi connectivity index (χ4n) is 2.46. The Kier molecular flexibility index (Phi) is 3.66. The van der Waals surface area contributed by atoms with Gasteiger partial charge in [0.05, 0.1) is 0 Å². The summed E-state index contributed by atoms with van der Waals surface area (Å²) < 4.78 is 0. The monoisotopic (exact) mass is 226 g/mol. The number of nitrogens with zero attached hydrogens (tertiary/aromatic N) is 3. The molecule has 0 aliphatic carbocycles. The Labute approximate surface area is 97.4 Å². The van der Waals surface area contributed by atoms with Crippen LogP contribution in [0.1, 0.15) is 6.42 Å². The van der Waals surface area contributed by atoms with Crippen LogP contribution >= 0.6 is 0 Å². The number of rotatable bonds is 1. The van der Waals surface area contributed by atoms with Gasteiger partial charge in [-0.2, -0.15) is 0 Å². The zero-order chi connectivity index (χ0) is 11.5. The van der Waals surface area contributed by atoms with Crippen LogP contribution in [-0.4, -0.2) is 80.1 Å². The maximum Gasteiger partial charge on any atom is 0.320 e. The summed E-state index contributed by atoms with van der Waals surface area (Å²) in [6, 6.07) is 0.592. The summed E-state index contributed by atoms with van der Waals surface area (Å²) in [4.78, 5) is 18.4. The van der Waals surface area contributed by atoms with Crippen molar-refractivity contribution in [1.29, 1.82) is 0 Å². The molecule has 2 saturated heterocycles. The Bertz CT molecular complexity index is 252. The van der Waals surface area contributed by atoms with Crippen LogP contribution in [0.2, 0.25) is 0 Å². The minimum absolute atomic E-state index is 0.196. The number of hydrogen-bond acceptors (Lipinski definition) is 3. The summed E-state index contributed by atoms with van der Waals surface area (Å²) in [6.07, 6.45) is 1.10. The molecule has 0 saturated carbocycles. The van der Waals surface area contributed by atoms with Gasteiger partial charge in [-0.15, -0.1) is 0 Å². The largest absolute Gasteiger partial charge is 0.323 e. The van der Waals surface area contributed by atoms with E-state index in [9.17, 15) is 4.79 Å². The molecule has 0 spiro atoms. The molecule has 5 nitrogen and oxygen atoms in total. The molecule has 16 heavy (non-hydrogen) atoms. The minimum Gasteiger partial charge on any atom is -0.323 e. The van der Waals surface area contributed by atoms with E-state index in [1.807, 2.05) is 16.8 Å². The van der Waals surface area contributed by atoms with Crippen molar-refractivity contribution in [1.82, 2.24) is 20.0 Å². The first-order valence-corrected chi connectivity index (χ1v) is 6.09. The van der Waals surface area contributed by atoms with Crippen LogP contribution in [0, 0.1) is 0 Å². The Morgan fingerprint density at radius 2 is 2.00 bits per heavy atom. The van der Waals surface area contributed by atoms with Crippen LogP contribution in [-0.2, 0) is 0 Å². The molecule has 0 aromatic heterocycles. The predicted molar refractivity (Wildman–Crippen MR) is 63.5 cm³/mol. The number of amides is 2. The summed E-state index contributed by atoms with van der Waals surface area (Å²) in [5.41, 5.74) is 0. The molecule has 2 amide bonds. The number of likely N-dealkylation sites (N-methyl/N-ethyl adjacent to an activating group) is 2. The predicted octanol–water partition coefficient (Wildman–Crippen LogP) is -0.352. The van der Waals surface area contributed by atoms with Crippen molar-refractivity contribution >= 4 is 6.03 Å². The topological polar surface area (TPSA) is 38.8 Å². The number of likely N-dealkylation sites (tertiary alicyclic amines) is 1. The SMILES string of the molecule is CN1CCC(N(C)C(=O)N2CCNCC2)C1. The van der Waals surface area contributed by atoms with E-state index in [0.29, 0.717) is 6.04 Å². The van der Waals surface area contributed by atoms with Crippen LogP contribution < -0.4 is 5.32 Å². The second kappa shape index (κ2) is 5.01. The highest BCUT2D eigenvalue weighted by molar-refractivity contribution is 5.74. The van der Waals surface area contributed by atoms with Gasteiger partial charge in [-0.05, 0) is 20.0 Å². The summed E-state index contributed by atoms with van der Waals surface area (Å²) in [6.45, 7) is 5.63. The maximum absolute atomic E-state index is 12.2. The zero-order valence-electron chi connectivity index (χ0n) is 10.3. The van der Waals surface area contributed by atoms with Gasteiger partial charge in [-0.25, -0.2) is 4.79 Å². The molecule has 0 bridgehead atoms. The molecule has 2 rings (SSSR count). The molecule has 92 valence electrons. The molecule has 1 atom stereocenters. The standard InChI is InChI=1S/C11H22N4O/c1-13-6-3-10(9-13)14(2)11(16)15-7-4-12-5-8-15/h10,12H,3-9H2,1-2H3. The van der Waals surface area contributed by atoms with E-state index in [2.05, 4.69) is 17.3 Å². The number of carbonyl (C=O) groups is 1. The smallest absolute Gasteiger partial charge is 0.320 e. The zero-order valence-corrected chi connectivity index (χ0v) is 10.3. The maximum atomic E-state index is 12.2. The highest BCUT2D eigenvalue weighted by Gasteiger charge is 2.29. The molecule has 2 aliphatic rings. The van der Waals surface area contributed by atoms with Crippen LogP contribution in [0.3, 0.4) is 0 Å². The summed E-state index contributed by atoms with van der Waals surface area (Å²) in [5, 5.41) is 3.26. The molecule has 2 fully saturated rings. The molecule has 2 heterocycles. The van der Waals surface area contributed by atoms with Gasteiger partial charge in [0.15, 0.2) is 0 Å². The molecular weight excluding hydrogens is 204 g/mol. The summed E-state index contributed by atoms with van der Waals surface area (Å²) in [7, 11) is 4.05. The van der Waals surface area contributed by atoms with Crippen molar-refractivity contribution < 1.29 is 4.79 Å². The van der Waals surface area contributed by atoms with Crippen LogP contribution in [0.15, 0.2) is 0 Å². The number of hydrogen-bond donors (Lipinski definition) is 1. The number of carbonyl (C=O) groups excluding carboxylic acids is 1. The highest BCUT2D eigenvalue weighted by atomic mass is 16.2. The second-order valence-corrected chi connectivity index (χ2v) is 4.84. The van der Waals surface area contributed by atoms with Gasteiger partial charge in [-0.3, -0.25) is 0 Å². The summed E-state index contributed by atoms with van der Waals surface area (Å²) >= 11 is 0. The molecular formula is C11H22N4O. The Morgan fingerprint density at radius 3 is 2.56 bits per heavy atom. The van der Waals surface area contributed by atoms with E-state index in [0.717, 1.165) is 45.7 Å². The van der Waals surface area contributed by atoms with Crippen molar-refractivity contribution in [2.24, 2.45) is 0 Å². The van der Waals surface area contributed by atoms with E-state index in [1.54, 1.807) is 0 Å². The van der Waals surface area contributed by atoms with Gasteiger partial charge < -0.3 is 20.0 Å². The van der Waals surface area contributed by atoms with E-state index in [1.165, 1.54) is 0 Å². The molecule has 0 aromatic rings. The van der Waals surface area contributed by atoms with E-state index in [-0.39, 0.29) is 6.03 Å². The summed E-state index contributed by atoms with van der Waals surface area (Å²) in [5.74, 6) is 0. The fourth-order valence-corrected chi connectivity index (χ4v) is 2.46. The van der Waals surface area contributed by atoms with Gasteiger partial charge in [-0.1, -0.05) is 0 Å². The van der Waals surface area contributed by atoms with Gasteiger partial charge in [0.25, 0.3) is 0 Å². The average Bonchev–Trinajstić information content (AvgIpc) is 2.75. The number of nitrogens with one attached hydrogen (secondary N) is 1. The molecule has 1 unspecified atom stereocenters. The first-order chi connectivity index (χ1) is 7.68. The molecule has 1 N–H and O–H groups in total. The normalized spacial score (nSPS) is 27.1. The first kappa shape index (κ1) is 11.7. The molecule has 0 aromatic carbocycles. The van der Waals surface area contributed by atoms with Crippen molar-refractivity contribution in [2.45, 2.75) is 12.5 Å². The van der Waals surface area contributed by atoms with E-state index < -0.39 is 0 Å². The van der Waals surface area contributed by atoms with Crippen molar-refractivity contribution in [3.8, 4) is 0 Å². The fraction of sp³-hybridized carbons (Fsp3) is 0.909. The van der Waals surface area contributed by atoms with Crippen LogP contribution in [0.25, 0.3) is 0 Å². The van der Waals surface area contributed by atoms with Gasteiger partial charge in [0.2, 0.25) is 0 Å². The molecule has 5 heteroatoms. The molecule has 2 aliphatic heterocycles. The lowest BCUT2D eigenvalue weighted by molar-refractivity contribution is 0.141. The first-order valence-electron chi connectivity index (χ1n) is 6.09. The van der Waals surface area contributed by atoms with Gasteiger partial charge >= 0.3 is 6.03 Å². The van der Waals surface area contributed by atoms with Crippen LogP contribution in [0.5, 0.6) is 0 Å².